The van der Waals surface area contributed by atoms with Crippen LogP contribution in [-0.2, 0) is 4.74 Å². The minimum absolute atomic E-state index is 0.0796. The quantitative estimate of drug-likeness (QED) is 0.608. The summed E-state index contributed by atoms with van der Waals surface area (Å²) < 4.78 is 19.1. The van der Waals surface area contributed by atoms with Crippen LogP contribution in [0, 0.1) is 5.82 Å². The van der Waals surface area contributed by atoms with Crippen molar-refractivity contribution in [1.29, 1.82) is 0 Å². The predicted octanol–water partition coefficient (Wildman–Crippen LogP) is 4.14. The highest BCUT2D eigenvalue weighted by molar-refractivity contribution is 6.30. The Morgan fingerprint density at radius 2 is 1.78 bits per heavy atom. The smallest absolute Gasteiger partial charge is 0.273 e. The number of aromatic amines is 1. The lowest BCUT2D eigenvalue weighted by Crippen LogP contribution is -2.38. The zero-order chi connectivity index (χ0) is 22.1. The van der Waals surface area contributed by atoms with Crippen molar-refractivity contribution in [2.45, 2.75) is 12.5 Å². The van der Waals surface area contributed by atoms with E-state index >= 15 is 0 Å². The average Bonchev–Trinajstić information content (AvgIpc) is 3.35. The van der Waals surface area contributed by atoms with E-state index in [1.807, 2.05) is 29.2 Å². The third-order valence-electron chi connectivity index (χ3n) is 6.14. The predicted molar refractivity (Wildman–Crippen MR) is 120 cm³/mol. The van der Waals surface area contributed by atoms with E-state index in [9.17, 15) is 9.18 Å². The van der Waals surface area contributed by atoms with Gasteiger partial charge < -0.3 is 9.64 Å². The number of rotatable bonds is 6. The number of benzene rings is 2. The minimum atomic E-state index is -0.327. The number of morpholine rings is 1. The summed E-state index contributed by atoms with van der Waals surface area (Å²) in [5, 5.41) is 8.05. The molecule has 6 nitrogen and oxygen atoms in total. The Hall–Kier alpha value is -2.74. The van der Waals surface area contributed by atoms with Crippen molar-refractivity contribution in [3.8, 4) is 11.3 Å². The molecular weight excluding hydrogens is 431 g/mol. The van der Waals surface area contributed by atoms with Crippen molar-refractivity contribution in [2.24, 2.45) is 0 Å². The fraction of sp³-hybridized carbons (Fsp3) is 0.333. The van der Waals surface area contributed by atoms with Crippen LogP contribution in [0.1, 0.15) is 34.1 Å². The van der Waals surface area contributed by atoms with Crippen LogP contribution in [0.2, 0.25) is 5.02 Å². The molecule has 166 valence electrons. The van der Waals surface area contributed by atoms with Crippen molar-refractivity contribution in [2.75, 3.05) is 39.4 Å². The number of aromatic nitrogens is 2. The zero-order valence-corrected chi connectivity index (χ0v) is 18.3. The second kappa shape index (κ2) is 9.02. The van der Waals surface area contributed by atoms with E-state index in [2.05, 4.69) is 15.1 Å². The normalized spacial score (nSPS) is 18.9. The van der Waals surface area contributed by atoms with Gasteiger partial charge in [-0.3, -0.25) is 14.8 Å². The summed E-state index contributed by atoms with van der Waals surface area (Å²) in [4.78, 5) is 17.6. The number of nitrogens with zero attached hydrogens (tertiary/aromatic N) is 3. The van der Waals surface area contributed by atoms with E-state index in [1.54, 1.807) is 12.1 Å². The van der Waals surface area contributed by atoms with Crippen LogP contribution in [0.15, 0.2) is 48.5 Å². The van der Waals surface area contributed by atoms with Gasteiger partial charge in [-0.15, -0.1) is 0 Å². The van der Waals surface area contributed by atoms with Gasteiger partial charge in [-0.25, -0.2) is 4.39 Å². The highest BCUT2D eigenvalue weighted by Gasteiger charge is 2.41. The molecule has 2 aromatic carbocycles. The van der Waals surface area contributed by atoms with Gasteiger partial charge in [0, 0.05) is 42.3 Å². The fourth-order valence-corrected chi connectivity index (χ4v) is 4.66. The molecule has 0 radical (unpaired) electrons. The second-order valence-corrected chi connectivity index (χ2v) is 8.56. The first-order valence-electron chi connectivity index (χ1n) is 10.8. The molecule has 0 spiro atoms. The van der Waals surface area contributed by atoms with Gasteiger partial charge in [-0.1, -0.05) is 35.9 Å². The standard InChI is InChI=1S/C24H24ClFN4O2/c25-18-6-2-16(3-7-18)21-20-22(28-27-21)24(31)30(11-1-10-29-12-14-32-15-13-29)23(20)17-4-8-19(26)9-5-17/h2-9,23H,1,10-15H2,(H,27,28). The number of carbonyl (C=O) groups is 1. The van der Waals surface area contributed by atoms with Gasteiger partial charge in [0.15, 0.2) is 0 Å². The molecule has 8 heteroatoms. The number of hydrogen-bond donors (Lipinski definition) is 1. The van der Waals surface area contributed by atoms with E-state index < -0.39 is 0 Å². The number of fused-ring (bicyclic) bond motifs is 1. The lowest BCUT2D eigenvalue weighted by Gasteiger charge is -2.29. The number of ether oxygens (including phenoxy) is 1. The van der Waals surface area contributed by atoms with E-state index in [-0.39, 0.29) is 17.8 Å². The molecule has 1 saturated heterocycles. The molecule has 1 atom stereocenters. The van der Waals surface area contributed by atoms with Gasteiger partial charge in [0.25, 0.3) is 5.91 Å². The molecule has 0 bridgehead atoms. The summed E-state index contributed by atoms with van der Waals surface area (Å²) in [5.41, 5.74) is 3.78. The first-order valence-corrected chi connectivity index (χ1v) is 11.2. The third kappa shape index (κ3) is 4.03. The molecule has 0 aliphatic carbocycles. The van der Waals surface area contributed by atoms with Crippen molar-refractivity contribution < 1.29 is 13.9 Å². The van der Waals surface area contributed by atoms with Crippen LogP contribution in [0.4, 0.5) is 4.39 Å². The van der Waals surface area contributed by atoms with Gasteiger partial charge in [0.05, 0.1) is 24.9 Å². The molecule has 1 N–H and O–H groups in total. The molecule has 1 unspecified atom stereocenters. The maximum Gasteiger partial charge on any atom is 0.273 e. The summed E-state index contributed by atoms with van der Waals surface area (Å²) >= 11 is 6.06. The highest BCUT2D eigenvalue weighted by Crippen LogP contribution is 2.42. The van der Waals surface area contributed by atoms with E-state index in [0.29, 0.717) is 17.3 Å². The molecule has 1 aromatic heterocycles. The summed E-state index contributed by atoms with van der Waals surface area (Å²) in [5.74, 6) is -0.383. The van der Waals surface area contributed by atoms with Crippen molar-refractivity contribution in [1.82, 2.24) is 20.0 Å². The number of amides is 1. The third-order valence-corrected chi connectivity index (χ3v) is 6.40. The SMILES string of the molecule is O=C1c2[nH]nc(-c3ccc(Cl)cc3)c2C(c2ccc(F)cc2)N1CCCN1CCOCC1. The van der Waals surface area contributed by atoms with Crippen LogP contribution in [0.25, 0.3) is 11.3 Å². The number of hydrogen-bond acceptors (Lipinski definition) is 4. The molecular formula is C24H24ClFN4O2. The van der Waals surface area contributed by atoms with E-state index in [4.69, 9.17) is 16.3 Å². The van der Waals surface area contributed by atoms with Crippen LogP contribution in [-0.4, -0.2) is 65.3 Å². The van der Waals surface area contributed by atoms with Crippen molar-refractivity contribution >= 4 is 17.5 Å². The number of H-pyrrole nitrogens is 1. The molecule has 2 aliphatic rings. The number of carbonyl (C=O) groups excluding carboxylic acids is 1. The Bertz CT molecular complexity index is 1090. The Labute approximate surface area is 190 Å². The summed E-state index contributed by atoms with van der Waals surface area (Å²) in [6.45, 7) is 4.83. The van der Waals surface area contributed by atoms with Crippen LogP contribution >= 0.6 is 11.6 Å². The molecule has 3 heterocycles. The van der Waals surface area contributed by atoms with Crippen LogP contribution in [0.3, 0.4) is 0 Å². The lowest BCUT2D eigenvalue weighted by atomic mass is 9.96. The van der Waals surface area contributed by atoms with Gasteiger partial charge in [-0.05, 0) is 36.2 Å². The number of halogens is 2. The summed E-state index contributed by atoms with van der Waals surface area (Å²) in [6, 6.07) is 13.4. The van der Waals surface area contributed by atoms with Crippen LogP contribution < -0.4 is 0 Å². The molecule has 1 amide bonds. The topological polar surface area (TPSA) is 61.5 Å². The summed E-state index contributed by atoms with van der Waals surface area (Å²) in [7, 11) is 0. The van der Waals surface area contributed by atoms with Crippen molar-refractivity contribution in [3.63, 3.8) is 0 Å². The van der Waals surface area contributed by atoms with Gasteiger partial charge in [-0.2, -0.15) is 5.10 Å². The second-order valence-electron chi connectivity index (χ2n) is 8.13. The lowest BCUT2D eigenvalue weighted by molar-refractivity contribution is 0.0354. The first-order chi connectivity index (χ1) is 15.6. The Morgan fingerprint density at radius 3 is 2.50 bits per heavy atom. The van der Waals surface area contributed by atoms with Gasteiger partial charge in [0.2, 0.25) is 0 Å². The van der Waals surface area contributed by atoms with Gasteiger partial charge >= 0.3 is 0 Å². The molecule has 2 aliphatic heterocycles. The monoisotopic (exact) mass is 454 g/mol. The Kier molecular flexibility index (Phi) is 5.95. The average molecular weight is 455 g/mol. The summed E-state index contributed by atoms with van der Waals surface area (Å²) in [6.07, 6.45) is 0.845. The van der Waals surface area contributed by atoms with Crippen LogP contribution in [0.5, 0.6) is 0 Å². The molecule has 32 heavy (non-hydrogen) atoms. The molecule has 0 saturated carbocycles. The highest BCUT2D eigenvalue weighted by atomic mass is 35.5. The Morgan fingerprint density at radius 1 is 1.06 bits per heavy atom. The maximum atomic E-state index is 13.6. The van der Waals surface area contributed by atoms with E-state index in [1.165, 1.54) is 12.1 Å². The molecule has 5 rings (SSSR count). The van der Waals surface area contributed by atoms with E-state index in [0.717, 1.165) is 61.7 Å². The van der Waals surface area contributed by atoms with Gasteiger partial charge in [0.1, 0.15) is 11.5 Å². The largest absolute Gasteiger partial charge is 0.379 e. The maximum absolute atomic E-state index is 13.6. The molecule has 3 aromatic rings. The minimum Gasteiger partial charge on any atom is -0.379 e. The number of nitrogens with one attached hydrogen (secondary N) is 1. The first kappa shape index (κ1) is 21.1. The fourth-order valence-electron chi connectivity index (χ4n) is 4.54. The Balaban J connectivity index is 1.46. The van der Waals surface area contributed by atoms with Crippen molar-refractivity contribution in [3.05, 3.63) is 76.2 Å². The molecule has 1 fully saturated rings. The zero-order valence-electron chi connectivity index (χ0n) is 17.6.